The number of para-hydroxylation sites is 2. The summed E-state index contributed by atoms with van der Waals surface area (Å²) in [6.07, 6.45) is 0. The highest BCUT2D eigenvalue weighted by Gasteiger charge is 2.22. The van der Waals surface area contributed by atoms with E-state index in [1.807, 2.05) is 30.3 Å². The van der Waals surface area contributed by atoms with Crippen molar-refractivity contribution in [3.05, 3.63) is 65.3 Å². The van der Waals surface area contributed by atoms with E-state index in [0.29, 0.717) is 22.3 Å². The van der Waals surface area contributed by atoms with Crippen molar-refractivity contribution in [3.63, 3.8) is 0 Å². The summed E-state index contributed by atoms with van der Waals surface area (Å²) >= 11 is 5.89. The maximum Gasteiger partial charge on any atom is 0.324 e. The summed E-state index contributed by atoms with van der Waals surface area (Å²) in [7, 11) is 1.60. The number of hydrogen-bond donors (Lipinski definition) is 2. The van der Waals surface area contributed by atoms with Crippen molar-refractivity contribution in [2.45, 2.75) is 26.2 Å². The zero-order valence-corrected chi connectivity index (χ0v) is 17.0. The van der Waals surface area contributed by atoms with E-state index in [9.17, 15) is 4.79 Å². The zero-order valence-electron chi connectivity index (χ0n) is 16.3. The first-order valence-electron chi connectivity index (χ1n) is 8.85. The number of nitrogens with one attached hydrogen (secondary N) is 2. The Kier molecular flexibility index (Phi) is 5.61. The highest BCUT2D eigenvalue weighted by Crippen LogP contribution is 2.30. The molecule has 0 aliphatic carbocycles. The molecule has 0 unspecified atom stereocenters. The summed E-state index contributed by atoms with van der Waals surface area (Å²) in [4.78, 5) is 12.5. The number of anilines is 2. The predicted octanol–water partition coefficient (Wildman–Crippen LogP) is 5.48. The van der Waals surface area contributed by atoms with Crippen LogP contribution in [0, 0.1) is 0 Å². The van der Waals surface area contributed by atoms with Crippen LogP contribution in [-0.4, -0.2) is 22.9 Å². The van der Waals surface area contributed by atoms with Gasteiger partial charge >= 0.3 is 6.03 Å². The van der Waals surface area contributed by atoms with E-state index in [2.05, 4.69) is 31.4 Å². The van der Waals surface area contributed by atoms with Crippen LogP contribution in [0.3, 0.4) is 0 Å². The van der Waals surface area contributed by atoms with E-state index in [4.69, 9.17) is 21.4 Å². The molecule has 0 radical (unpaired) electrons. The number of aromatic nitrogens is 2. The molecule has 28 heavy (non-hydrogen) atoms. The minimum atomic E-state index is -0.376. The van der Waals surface area contributed by atoms with E-state index < -0.39 is 0 Å². The second-order valence-corrected chi connectivity index (χ2v) is 7.77. The largest absolute Gasteiger partial charge is 0.494 e. The molecule has 6 nitrogen and oxygen atoms in total. The molecule has 7 heteroatoms. The van der Waals surface area contributed by atoms with Gasteiger partial charge in [0.05, 0.1) is 12.8 Å². The first kappa shape index (κ1) is 19.8. The highest BCUT2D eigenvalue weighted by atomic mass is 35.5. The lowest BCUT2D eigenvalue weighted by Crippen LogP contribution is -2.21. The van der Waals surface area contributed by atoms with Crippen molar-refractivity contribution >= 4 is 29.1 Å². The second kappa shape index (κ2) is 7.94. The van der Waals surface area contributed by atoms with Gasteiger partial charge in [0.15, 0.2) is 0 Å². The molecule has 0 saturated heterocycles. The van der Waals surface area contributed by atoms with Gasteiger partial charge in [-0.2, -0.15) is 5.10 Å². The number of halogens is 1. The fraction of sp³-hybridized carbons (Fsp3) is 0.238. The number of ether oxygens (including phenoxy) is 1. The normalized spacial score (nSPS) is 11.2. The molecule has 3 rings (SSSR count). The van der Waals surface area contributed by atoms with E-state index in [0.717, 1.165) is 11.4 Å². The van der Waals surface area contributed by atoms with Gasteiger partial charge in [0.2, 0.25) is 0 Å². The molecule has 0 saturated carbocycles. The number of carbonyl (C=O) groups is 1. The maximum absolute atomic E-state index is 12.5. The minimum absolute atomic E-state index is 0.184. The lowest BCUT2D eigenvalue weighted by molar-refractivity contribution is 0.262. The van der Waals surface area contributed by atoms with Crippen molar-refractivity contribution in [1.82, 2.24) is 9.78 Å². The minimum Gasteiger partial charge on any atom is -0.494 e. The Labute approximate surface area is 169 Å². The monoisotopic (exact) mass is 398 g/mol. The Morgan fingerprint density at radius 3 is 2.39 bits per heavy atom. The van der Waals surface area contributed by atoms with Gasteiger partial charge in [-0.15, -0.1) is 0 Å². The number of amides is 2. The van der Waals surface area contributed by atoms with E-state index in [1.54, 1.807) is 36.1 Å². The fourth-order valence-electron chi connectivity index (χ4n) is 2.64. The van der Waals surface area contributed by atoms with Gasteiger partial charge in [0, 0.05) is 22.2 Å². The molecule has 0 aliphatic rings. The quantitative estimate of drug-likeness (QED) is 0.611. The van der Waals surface area contributed by atoms with Crippen molar-refractivity contribution < 1.29 is 9.53 Å². The molecule has 2 N–H and O–H groups in total. The third kappa shape index (κ3) is 4.46. The number of benzene rings is 2. The second-order valence-electron chi connectivity index (χ2n) is 7.33. The van der Waals surface area contributed by atoms with E-state index in [-0.39, 0.29) is 11.4 Å². The van der Waals surface area contributed by atoms with E-state index in [1.165, 1.54) is 0 Å². The Hall–Kier alpha value is -2.99. The van der Waals surface area contributed by atoms with Gasteiger partial charge in [-0.3, -0.25) is 5.32 Å². The molecule has 2 aromatic carbocycles. The summed E-state index contributed by atoms with van der Waals surface area (Å²) in [5.41, 5.74) is 2.04. The van der Waals surface area contributed by atoms with Crippen LogP contribution in [-0.2, 0) is 5.41 Å². The van der Waals surface area contributed by atoms with Crippen LogP contribution in [0.15, 0.2) is 54.6 Å². The first-order chi connectivity index (χ1) is 13.3. The molecule has 0 spiro atoms. The summed E-state index contributed by atoms with van der Waals surface area (Å²) in [5.74, 6) is 1.20. The number of carbonyl (C=O) groups excluding carboxylic acids is 1. The lowest BCUT2D eigenvalue weighted by Gasteiger charge is -2.14. The molecule has 1 heterocycles. The smallest absolute Gasteiger partial charge is 0.324 e. The molecule has 0 bridgehead atoms. The van der Waals surface area contributed by atoms with Crippen LogP contribution < -0.4 is 15.4 Å². The van der Waals surface area contributed by atoms with Crippen LogP contribution >= 0.6 is 11.6 Å². The molecule has 146 valence electrons. The van der Waals surface area contributed by atoms with Crippen molar-refractivity contribution in [2.24, 2.45) is 0 Å². The number of hydrogen-bond acceptors (Lipinski definition) is 3. The standard InChI is InChI=1S/C21H23ClN4O2/c1-21(2,3)18-13-19(24-20(27)23-15-11-9-14(22)10-12-15)26(25-18)16-7-5-6-8-17(16)28-4/h5-13H,1-4H3,(H2,23,24,27). The van der Waals surface area contributed by atoms with Crippen LogP contribution in [0.5, 0.6) is 5.75 Å². The lowest BCUT2D eigenvalue weighted by atomic mass is 9.92. The van der Waals surface area contributed by atoms with Crippen LogP contribution in [0.4, 0.5) is 16.3 Å². The summed E-state index contributed by atoms with van der Waals surface area (Å²) in [5, 5.41) is 11.0. The van der Waals surface area contributed by atoms with Gasteiger partial charge in [-0.1, -0.05) is 44.5 Å². The van der Waals surface area contributed by atoms with Crippen LogP contribution in [0.25, 0.3) is 5.69 Å². The molecule has 0 fully saturated rings. The Morgan fingerprint density at radius 2 is 1.75 bits per heavy atom. The molecule has 1 aromatic heterocycles. The molecular weight excluding hydrogens is 376 g/mol. The molecule has 0 aliphatic heterocycles. The molecule has 0 atom stereocenters. The third-order valence-corrected chi connectivity index (χ3v) is 4.39. The average Bonchev–Trinajstić information content (AvgIpc) is 3.07. The highest BCUT2D eigenvalue weighted by molar-refractivity contribution is 6.30. The molecule has 3 aromatic rings. The van der Waals surface area contributed by atoms with Gasteiger partial charge in [0.1, 0.15) is 17.3 Å². The van der Waals surface area contributed by atoms with E-state index >= 15 is 0 Å². The summed E-state index contributed by atoms with van der Waals surface area (Å²) < 4.78 is 7.14. The first-order valence-corrected chi connectivity index (χ1v) is 9.23. The number of rotatable bonds is 4. The van der Waals surface area contributed by atoms with Gasteiger partial charge in [-0.25, -0.2) is 9.48 Å². The van der Waals surface area contributed by atoms with Gasteiger partial charge in [-0.05, 0) is 36.4 Å². The zero-order chi connectivity index (χ0) is 20.3. The number of methoxy groups -OCH3 is 1. The third-order valence-electron chi connectivity index (χ3n) is 4.13. The Balaban J connectivity index is 1.93. The maximum atomic E-state index is 12.5. The summed E-state index contributed by atoms with van der Waals surface area (Å²) in [6.45, 7) is 6.21. The SMILES string of the molecule is COc1ccccc1-n1nc(C(C)(C)C)cc1NC(=O)Nc1ccc(Cl)cc1. The molecule has 2 amide bonds. The topological polar surface area (TPSA) is 68.2 Å². The van der Waals surface area contributed by atoms with Crippen LogP contribution in [0.1, 0.15) is 26.5 Å². The molecular formula is C21H23ClN4O2. The predicted molar refractivity (Wildman–Crippen MR) is 113 cm³/mol. The van der Waals surface area contributed by atoms with Crippen molar-refractivity contribution in [1.29, 1.82) is 0 Å². The fourth-order valence-corrected chi connectivity index (χ4v) is 2.76. The Morgan fingerprint density at radius 1 is 1.07 bits per heavy atom. The van der Waals surface area contributed by atoms with Gasteiger partial charge < -0.3 is 10.1 Å². The van der Waals surface area contributed by atoms with Crippen molar-refractivity contribution in [3.8, 4) is 11.4 Å². The summed E-state index contributed by atoms with van der Waals surface area (Å²) in [6, 6.07) is 15.9. The number of nitrogens with zero attached hydrogens (tertiary/aromatic N) is 2. The van der Waals surface area contributed by atoms with Crippen molar-refractivity contribution in [2.75, 3.05) is 17.7 Å². The number of urea groups is 1. The van der Waals surface area contributed by atoms with Gasteiger partial charge in [0.25, 0.3) is 0 Å². The van der Waals surface area contributed by atoms with Crippen LogP contribution in [0.2, 0.25) is 5.02 Å². The Bertz CT molecular complexity index is 975. The average molecular weight is 399 g/mol.